The van der Waals surface area contributed by atoms with Crippen LogP contribution in [0.1, 0.15) is 103 Å². The number of hydrogen-bond donors (Lipinski definition) is 6. The minimum atomic E-state index is -1.51. The normalized spacial score (nSPS) is 49.9. The number of cyclic esters (lactones) is 2. The lowest BCUT2D eigenvalue weighted by atomic mass is 9.35. The van der Waals surface area contributed by atoms with E-state index >= 15 is 4.79 Å². The lowest BCUT2D eigenvalue weighted by molar-refractivity contribution is -0.264. The van der Waals surface area contributed by atoms with Crippen LogP contribution in [0.25, 0.3) is 0 Å². The lowest BCUT2D eigenvalue weighted by Gasteiger charge is -2.67. The maximum atomic E-state index is 15.0. The largest absolute Gasteiger partial charge is 0.469 e. The molecule has 1 aromatic heterocycles. The molecule has 0 amide bonds. The number of esters is 2. The third-order valence-corrected chi connectivity index (χ3v) is 18.2. The summed E-state index contributed by atoms with van der Waals surface area (Å²) in [6.07, 6.45) is 3.28. The standard InChI is InChI=1S/C44H62N2O12/c1-39(2)32-31(50)33(51)41(4)30(43(32)20-55-38(53)42(37(43)58-39)13-9-22(16-42)18-47)10-12-40(3)34(56-36(52)35-44(40,41)57-35)25-11-14-54-29(25)15-26(28(49)19-48)23-5-7-24(8-6-23)27-17-45-21-46-27/h11,14,22-24,26-28,30,32-35,37,45-49,51H,5-10,12-13,15-21H2,1-4H3. The molecule has 320 valence electrons. The summed E-state index contributed by atoms with van der Waals surface area (Å²) in [6, 6.07) is 2.26. The molecule has 0 radical (unpaired) electrons. The monoisotopic (exact) mass is 810 g/mol. The molecule has 4 saturated carbocycles. The van der Waals surface area contributed by atoms with Crippen LogP contribution < -0.4 is 10.6 Å². The first-order valence-corrected chi connectivity index (χ1v) is 22.0. The molecule has 9 fully saturated rings. The van der Waals surface area contributed by atoms with Gasteiger partial charge in [-0.15, -0.1) is 0 Å². The van der Waals surface area contributed by atoms with Crippen molar-refractivity contribution in [3.05, 3.63) is 23.7 Å². The van der Waals surface area contributed by atoms with Crippen molar-refractivity contribution < 1.29 is 58.2 Å². The highest BCUT2D eigenvalue weighted by Crippen LogP contribution is 2.81. The van der Waals surface area contributed by atoms with Crippen molar-refractivity contribution in [2.24, 2.45) is 57.2 Å². The highest BCUT2D eigenvalue weighted by Gasteiger charge is 2.91. The van der Waals surface area contributed by atoms with E-state index in [1.807, 2.05) is 33.8 Å². The fraction of sp³-hybridized carbons (Fsp3) is 0.841. The van der Waals surface area contributed by atoms with Gasteiger partial charge in [0, 0.05) is 54.1 Å². The number of fused-ring (bicyclic) bond motifs is 2. The van der Waals surface area contributed by atoms with Crippen molar-refractivity contribution in [1.29, 1.82) is 0 Å². The van der Waals surface area contributed by atoms with Gasteiger partial charge in [-0.1, -0.05) is 13.8 Å². The Morgan fingerprint density at radius 1 is 0.966 bits per heavy atom. The molecule has 15 atom stereocenters. The molecule has 9 aliphatic rings. The number of nitrogens with one attached hydrogen (secondary N) is 2. The summed E-state index contributed by atoms with van der Waals surface area (Å²) in [7, 11) is 0. The Bertz CT molecular complexity index is 1840. The van der Waals surface area contributed by atoms with Gasteiger partial charge in [0.2, 0.25) is 0 Å². The predicted molar refractivity (Wildman–Crippen MR) is 203 cm³/mol. The number of carbonyl (C=O) groups is 3. The molecule has 15 unspecified atom stereocenters. The second kappa shape index (κ2) is 13.3. The van der Waals surface area contributed by atoms with E-state index in [1.165, 1.54) is 0 Å². The van der Waals surface area contributed by atoms with Crippen molar-refractivity contribution in [3.63, 3.8) is 0 Å². The summed E-state index contributed by atoms with van der Waals surface area (Å²) in [6.45, 7) is 8.96. The number of aliphatic hydroxyl groups is 4. The van der Waals surface area contributed by atoms with Crippen molar-refractivity contribution in [2.45, 2.75) is 140 Å². The highest BCUT2D eigenvalue weighted by atomic mass is 16.7. The topological polar surface area (TPSA) is 210 Å². The highest BCUT2D eigenvalue weighted by molar-refractivity contribution is 5.92. The minimum absolute atomic E-state index is 0.0450. The van der Waals surface area contributed by atoms with Crippen LogP contribution in [0.2, 0.25) is 0 Å². The number of epoxide rings is 1. The van der Waals surface area contributed by atoms with Crippen LogP contribution in [0.15, 0.2) is 16.7 Å². The number of furan rings is 1. The van der Waals surface area contributed by atoms with Crippen LogP contribution in [0.4, 0.5) is 0 Å². The number of Topliss-reactive ketones (excluding diaryl/α,β-unsaturated/α-hetero) is 1. The number of ether oxygens (including phenoxy) is 4. The van der Waals surface area contributed by atoms with Crippen molar-refractivity contribution in [2.75, 3.05) is 33.0 Å². The van der Waals surface area contributed by atoms with Gasteiger partial charge in [-0.05, 0) is 107 Å². The smallest absolute Gasteiger partial charge is 0.339 e. The quantitative estimate of drug-likeness (QED) is 0.165. The fourth-order valence-electron chi connectivity index (χ4n) is 15.6. The zero-order valence-electron chi connectivity index (χ0n) is 34.2. The van der Waals surface area contributed by atoms with Gasteiger partial charge in [0.15, 0.2) is 11.9 Å². The molecule has 14 heteroatoms. The minimum Gasteiger partial charge on any atom is -0.469 e. The molecule has 6 heterocycles. The average Bonchev–Trinajstić information content (AvgIpc) is 3.64. The first-order chi connectivity index (χ1) is 27.6. The van der Waals surface area contributed by atoms with Crippen LogP contribution in [0.3, 0.4) is 0 Å². The van der Waals surface area contributed by atoms with Gasteiger partial charge in [-0.3, -0.25) is 9.59 Å². The zero-order valence-corrected chi connectivity index (χ0v) is 34.2. The maximum Gasteiger partial charge on any atom is 0.339 e. The molecule has 5 saturated heterocycles. The van der Waals surface area contributed by atoms with Crippen LogP contribution >= 0.6 is 0 Å². The molecule has 14 nitrogen and oxygen atoms in total. The number of rotatable bonds is 8. The molecule has 10 rings (SSSR count). The van der Waals surface area contributed by atoms with Crippen LogP contribution in [-0.2, 0) is 39.8 Å². The fourth-order valence-corrected chi connectivity index (χ4v) is 15.6. The molecular formula is C44H62N2O12. The van der Waals surface area contributed by atoms with Gasteiger partial charge in [0.05, 0.1) is 42.0 Å². The second-order valence-electron chi connectivity index (χ2n) is 20.9. The molecule has 5 aliphatic heterocycles. The molecule has 3 spiro atoms. The summed E-state index contributed by atoms with van der Waals surface area (Å²) in [5.41, 5.74) is -5.96. The van der Waals surface area contributed by atoms with Gasteiger partial charge in [0.25, 0.3) is 0 Å². The third kappa shape index (κ3) is 4.91. The van der Waals surface area contributed by atoms with Crippen molar-refractivity contribution in [3.8, 4) is 0 Å². The summed E-state index contributed by atoms with van der Waals surface area (Å²) in [5.74, 6) is -1.64. The summed E-state index contributed by atoms with van der Waals surface area (Å²) in [4.78, 5) is 43.2. The Labute approximate surface area is 339 Å². The van der Waals surface area contributed by atoms with Crippen molar-refractivity contribution >= 4 is 17.7 Å². The van der Waals surface area contributed by atoms with E-state index in [-0.39, 0.29) is 49.3 Å². The molecule has 58 heavy (non-hydrogen) atoms. The van der Waals surface area contributed by atoms with Gasteiger partial charge >= 0.3 is 11.9 Å². The maximum absolute atomic E-state index is 15.0. The van der Waals surface area contributed by atoms with E-state index < -0.39 is 81.2 Å². The van der Waals surface area contributed by atoms with E-state index in [0.717, 1.165) is 38.9 Å². The number of ketones is 1. The van der Waals surface area contributed by atoms with E-state index in [4.69, 9.17) is 23.4 Å². The molecular weight excluding hydrogens is 748 g/mol. The summed E-state index contributed by atoms with van der Waals surface area (Å²) >= 11 is 0. The zero-order chi connectivity index (χ0) is 40.8. The number of carbonyl (C=O) groups excluding carboxylic acids is 3. The van der Waals surface area contributed by atoms with Crippen LogP contribution in [0, 0.1) is 57.2 Å². The molecule has 0 bridgehead atoms. The first kappa shape index (κ1) is 39.7. The van der Waals surface area contributed by atoms with Crippen molar-refractivity contribution in [1.82, 2.24) is 10.6 Å². The number of hydrogen-bond acceptors (Lipinski definition) is 14. The van der Waals surface area contributed by atoms with Gasteiger partial charge in [-0.25, -0.2) is 4.79 Å². The number of aliphatic hydroxyl groups excluding tert-OH is 4. The average molecular weight is 811 g/mol. The molecule has 0 aromatic carbocycles. The Morgan fingerprint density at radius 3 is 2.43 bits per heavy atom. The summed E-state index contributed by atoms with van der Waals surface area (Å²) < 4.78 is 32.5. The second-order valence-corrected chi connectivity index (χ2v) is 20.9. The van der Waals surface area contributed by atoms with Crippen LogP contribution in [0.5, 0.6) is 0 Å². The molecule has 6 N–H and O–H groups in total. The predicted octanol–water partition coefficient (Wildman–Crippen LogP) is 2.33. The first-order valence-electron chi connectivity index (χ1n) is 22.0. The summed E-state index contributed by atoms with van der Waals surface area (Å²) in [5, 5.41) is 51.3. The molecule has 4 aliphatic carbocycles. The van der Waals surface area contributed by atoms with E-state index in [9.17, 15) is 30.0 Å². The Balaban J connectivity index is 1.01. The Morgan fingerprint density at radius 2 is 1.74 bits per heavy atom. The molecule has 1 aromatic rings. The SMILES string of the molecule is CC1(C)OC2C3(CCC(CO)C3)C(=O)OCC23C1C(=O)C(O)C1(C)C3CCC2(C)C(c3ccoc3CC(C(O)CO)C3CCC(C4CNCN4)CC3)OC(=O)C3OC321. The van der Waals surface area contributed by atoms with Gasteiger partial charge in [-0.2, -0.15) is 0 Å². The Kier molecular flexibility index (Phi) is 9.09. The van der Waals surface area contributed by atoms with E-state index in [1.54, 1.807) is 6.26 Å². The van der Waals surface area contributed by atoms with Crippen LogP contribution in [-0.4, -0.2) is 113 Å². The van der Waals surface area contributed by atoms with E-state index in [2.05, 4.69) is 10.6 Å². The lowest BCUT2D eigenvalue weighted by Crippen LogP contribution is -2.77. The van der Waals surface area contributed by atoms with E-state index in [0.29, 0.717) is 61.8 Å². The van der Waals surface area contributed by atoms with Gasteiger partial charge in [0.1, 0.15) is 30.2 Å². The third-order valence-electron chi connectivity index (χ3n) is 18.2. The Hall–Kier alpha value is -2.43. The van der Waals surface area contributed by atoms with Gasteiger partial charge < -0.3 is 54.4 Å².